The minimum absolute atomic E-state index is 0.733. The van der Waals surface area contributed by atoms with Crippen molar-refractivity contribution in [2.24, 2.45) is 5.92 Å². The molecule has 2 aliphatic heterocycles. The van der Waals surface area contributed by atoms with E-state index in [0.29, 0.717) is 0 Å². The number of hydrogen-bond acceptors (Lipinski definition) is 5. The van der Waals surface area contributed by atoms with Gasteiger partial charge in [0.05, 0.1) is 0 Å². The van der Waals surface area contributed by atoms with Gasteiger partial charge in [0.15, 0.2) is 0 Å². The van der Waals surface area contributed by atoms with Gasteiger partial charge in [0, 0.05) is 37.3 Å². The zero-order valence-corrected chi connectivity index (χ0v) is 12.8. The lowest BCUT2D eigenvalue weighted by Gasteiger charge is -2.34. The van der Waals surface area contributed by atoms with E-state index in [1.54, 1.807) is 0 Å². The van der Waals surface area contributed by atoms with Crippen LogP contribution in [0.2, 0.25) is 0 Å². The van der Waals surface area contributed by atoms with Crippen molar-refractivity contribution in [1.29, 1.82) is 0 Å². The maximum atomic E-state index is 4.38. The lowest BCUT2D eigenvalue weighted by atomic mass is 9.97. The monoisotopic (exact) mass is 292 g/mol. The van der Waals surface area contributed by atoms with Gasteiger partial charge < -0.3 is 10.2 Å². The van der Waals surface area contributed by atoms with Crippen LogP contribution >= 0.6 is 11.8 Å². The SMILES string of the molecule is c1cnc(N2CCC[C@@H](CN[C@H]3CCCSC3)C2)nc1. The van der Waals surface area contributed by atoms with Crippen molar-refractivity contribution in [1.82, 2.24) is 15.3 Å². The summed E-state index contributed by atoms with van der Waals surface area (Å²) < 4.78 is 0. The van der Waals surface area contributed by atoms with E-state index < -0.39 is 0 Å². The molecule has 2 fully saturated rings. The smallest absolute Gasteiger partial charge is 0.225 e. The van der Waals surface area contributed by atoms with Crippen LogP contribution in [0.5, 0.6) is 0 Å². The number of piperidine rings is 1. The largest absolute Gasteiger partial charge is 0.341 e. The van der Waals surface area contributed by atoms with Crippen LogP contribution in [0, 0.1) is 5.92 Å². The van der Waals surface area contributed by atoms with E-state index in [0.717, 1.165) is 37.5 Å². The van der Waals surface area contributed by atoms with E-state index >= 15 is 0 Å². The van der Waals surface area contributed by atoms with E-state index in [2.05, 4.69) is 31.9 Å². The number of nitrogens with one attached hydrogen (secondary N) is 1. The minimum Gasteiger partial charge on any atom is -0.341 e. The normalized spacial score (nSPS) is 27.5. The predicted octanol–water partition coefficient (Wildman–Crippen LogP) is 2.18. The molecule has 1 N–H and O–H groups in total. The summed E-state index contributed by atoms with van der Waals surface area (Å²) in [6.45, 7) is 3.34. The summed E-state index contributed by atoms with van der Waals surface area (Å²) >= 11 is 2.09. The zero-order valence-electron chi connectivity index (χ0n) is 12.0. The highest BCUT2D eigenvalue weighted by Crippen LogP contribution is 2.21. The fraction of sp³-hybridized carbons (Fsp3) is 0.733. The summed E-state index contributed by atoms with van der Waals surface area (Å²) in [4.78, 5) is 11.1. The summed E-state index contributed by atoms with van der Waals surface area (Å²) in [6, 6.07) is 2.62. The molecule has 0 unspecified atom stereocenters. The van der Waals surface area contributed by atoms with Gasteiger partial charge in [-0.05, 0) is 50.0 Å². The van der Waals surface area contributed by atoms with Crippen LogP contribution in [0.1, 0.15) is 25.7 Å². The number of rotatable bonds is 4. The van der Waals surface area contributed by atoms with Crippen molar-refractivity contribution in [2.75, 3.05) is 36.0 Å². The van der Waals surface area contributed by atoms with Crippen molar-refractivity contribution in [2.45, 2.75) is 31.7 Å². The van der Waals surface area contributed by atoms with Gasteiger partial charge >= 0.3 is 0 Å². The van der Waals surface area contributed by atoms with Gasteiger partial charge in [-0.25, -0.2) is 9.97 Å². The Morgan fingerprint density at radius 1 is 1.25 bits per heavy atom. The third-order valence-electron chi connectivity index (χ3n) is 4.21. The Morgan fingerprint density at radius 2 is 2.15 bits per heavy atom. The maximum absolute atomic E-state index is 4.38. The van der Waals surface area contributed by atoms with Crippen LogP contribution in [0.15, 0.2) is 18.5 Å². The second-order valence-electron chi connectivity index (χ2n) is 5.83. The summed E-state index contributed by atoms with van der Waals surface area (Å²) in [5, 5.41) is 3.78. The van der Waals surface area contributed by atoms with Crippen LogP contribution in [-0.4, -0.2) is 47.1 Å². The summed E-state index contributed by atoms with van der Waals surface area (Å²) in [6.07, 6.45) is 8.98. The molecule has 2 aliphatic rings. The van der Waals surface area contributed by atoms with Crippen LogP contribution in [-0.2, 0) is 0 Å². The van der Waals surface area contributed by atoms with Crippen LogP contribution in [0.25, 0.3) is 0 Å². The highest BCUT2D eigenvalue weighted by Gasteiger charge is 2.22. The van der Waals surface area contributed by atoms with Crippen molar-refractivity contribution in [3.05, 3.63) is 18.5 Å². The molecule has 0 radical (unpaired) electrons. The average Bonchev–Trinajstić information content (AvgIpc) is 2.55. The van der Waals surface area contributed by atoms with Gasteiger partial charge in [-0.2, -0.15) is 11.8 Å². The van der Waals surface area contributed by atoms with E-state index in [-0.39, 0.29) is 0 Å². The molecule has 3 rings (SSSR count). The van der Waals surface area contributed by atoms with Gasteiger partial charge in [-0.1, -0.05) is 0 Å². The summed E-state index contributed by atoms with van der Waals surface area (Å²) in [5.41, 5.74) is 0. The maximum Gasteiger partial charge on any atom is 0.225 e. The molecule has 2 atom stereocenters. The second kappa shape index (κ2) is 7.27. The predicted molar refractivity (Wildman–Crippen MR) is 85.3 cm³/mol. The highest BCUT2D eigenvalue weighted by molar-refractivity contribution is 7.99. The first kappa shape index (κ1) is 14.1. The number of anilines is 1. The van der Waals surface area contributed by atoms with Crippen LogP contribution in [0.3, 0.4) is 0 Å². The Bertz CT molecular complexity index is 394. The first-order valence-electron chi connectivity index (χ1n) is 7.75. The Morgan fingerprint density at radius 3 is 2.95 bits per heavy atom. The molecular formula is C15H24N4S. The number of hydrogen-bond donors (Lipinski definition) is 1. The van der Waals surface area contributed by atoms with Crippen molar-refractivity contribution >= 4 is 17.7 Å². The Kier molecular flexibility index (Phi) is 5.14. The molecule has 0 bridgehead atoms. The molecule has 0 amide bonds. The lowest BCUT2D eigenvalue weighted by Crippen LogP contribution is -2.43. The van der Waals surface area contributed by atoms with E-state index in [1.165, 1.54) is 37.2 Å². The van der Waals surface area contributed by atoms with Gasteiger partial charge in [0.2, 0.25) is 5.95 Å². The fourth-order valence-corrected chi connectivity index (χ4v) is 4.21. The molecule has 20 heavy (non-hydrogen) atoms. The van der Waals surface area contributed by atoms with Crippen molar-refractivity contribution < 1.29 is 0 Å². The fourth-order valence-electron chi connectivity index (χ4n) is 3.10. The molecule has 1 aromatic rings. The Labute approximate surface area is 125 Å². The van der Waals surface area contributed by atoms with Gasteiger partial charge in [-0.15, -0.1) is 0 Å². The van der Waals surface area contributed by atoms with Gasteiger partial charge in [-0.3, -0.25) is 0 Å². The topological polar surface area (TPSA) is 41.1 Å². The number of aromatic nitrogens is 2. The van der Waals surface area contributed by atoms with E-state index in [1.807, 2.05) is 18.5 Å². The van der Waals surface area contributed by atoms with Gasteiger partial charge in [0.25, 0.3) is 0 Å². The standard InChI is InChI=1S/C15H24N4S/c1-4-13(10-18-14-5-2-9-20-12-14)11-19(8-1)15-16-6-3-7-17-15/h3,6-7,13-14,18H,1-2,4-5,8-12H2/t13-,14-/m0/s1. The van der Waals surface area contributed by atoms with E-state index in [4.69, 9.17) is 0 Å². The molecular weight excluding hydrogens is 268 g/mol. The first-order valence-corrected chi connectivity index (χ1v) is 8.90. The molecule has 4 nitrogen and oxygen atoms in total. The average molecular weight is 292 g/mol. The Balaban J connectivity index is 1.48. The Hall–Kier alpha value is -0.810. The van der Waals surface area contributed by atoms with Crippen LogP contribution < -0.4 is 10.2 Å². The lowest BCUT2D eigenvalue weighted by molar-refractivity contribution is 0.366. The molecule has 0 aromatic carbocycles. The van der Waals surface area contributed by atoms with Crippen LogP contribution in [0.4, 0.5) is 5.95 Å². The number of nitrogens with zero attached hydrogens (tertiary/aromatic N) is 3. The molecule has 2 saturated heterocycles. The first-order chi connectivity index (χ1) is 9.92. The molecule has 0 aliphatic carbocycles. The molecule has 1 aromatic heterocycles. The van der Waals surface area contributed by atoms with Gasteiger partial charge in [0.1, 0.15) is 0 Å². The molecule has 3 heterocycles. The highest BCUT2D eigenvalue weighted by atomic mass is 32.2. The summed E-state index contributed by atoms with van der Waals surface area (Å²) in [5.74, 6) is 4.27. The minimum atomic E-state index is 0.733. The molecule has 110 valence electrons. The zero-order chi connectivity index (χ0) is 13.6. The van der Waals surface area contributed by atoms with E-state index in [9.17, 15) is 0 Å². The molecule has 5 heteroatoms. The summed E-state index contributed by atoms with van der Waals surface area (Å²) in [7, 11) is 0. The second-order valence-corrected chi connectivity index (χ2v) is 6.98. The van der Waals surface area contributed by atoms with Crippen molar-refractivity contribution in [3.63, 3.8) is 0 Å². The third kappa shape index (κ3) is 3.85. The third-order valence-corrected chi connectivity index (χ3v) is 5.42. The molecule has 0 spiro atoms. The quantitative estimate of drug-likeness (QED) is 0.921. The number of thioether (sulfide) groups is 1. The van der Waals surface area contributed by atoms with Crippen molar-refractivity contribution in [3.8, 4) is 0 Å². The molecule has 0 saturated carbocycles.